The number of rotatable bonds is 5. The molecule has 5 heteroatoms. The molecule has 0 N–H and O–H groups in total. The first-order chi connectivity index (χ1) is 14.7. The average Bonchev–Trinajstić information content (AvgIpc) is 2.82. The Morgan fingerprint density at radius 2 is 1.53 bits per heavy atom. The van der Waals surface area contributed by atoms with Crippen molar-refractivity contribution in [1.82, 2.24) is 14.7 Å². The quantitative estimate of drug-likeness (QED) is 0.769. The van der Waals surface area contributed by atoms with Crippen LogP contribution < -0.4 is 0 Å². The van der Waals surface area contributed by atoms with E-state index in [0.717, 1.165) is 64.2 Å². The highest BCUT2D eigenvalue weighted by atomic mass is 16.2. The summed E-state index contributed by atoms with van der Waals surface area (Å²) in [6.07, 6.45) is 3.46. The topological polar surface area (TPSA) is 50.6 Å². The minimum Gasteiger partial charge on any atom is -0.341 e. The largest absolute Gasteiger partial charge is 0.341 e. The van der Waals surface area contributed by atoms with E-state index >= 15 is 0 Å². The fourth-order valence-corrected chi connectivity index (χ4v) is 4.55. The third kappa shape index (κ3) is 4.89. The fraction of sp³-hybridized carbons (Fsp3) is 0.440. The summed E-state index contributed by atoms with van der Waals surface area (Å²) in [7, 11) is 0. The smallest absolute Gasteiger partial charge is 0.244 e. The van der Waals surface area contributed by atoms with E-state index in [2.05, 4.69) is 32.9 Å². The summed E-state index contributed by atoms with van der Waals surface area (Å²) in [6, 6.07) is 20.1. The minimum absolute atomic E-state index is 0.179. The maximum absolute atomic E-state index is 13.5. The fourth-order valence-electron chi connectivity index (χ4n) is 4.55. The molecule has 2 fully saturated rings. The predicted octanol–water partition coefficient (Wildman–Crippen LogP) is 3.43. The Kier molecular flexibility index (Phi) is 6.78. The van der Waals surface area contributed by atoms with Gasteiger partial charge >= 0.3 is 0 Å². The van der Waals surface area contributed by atoms with Gasteiger partial charge < -0.3 is 4.90 Å². The van der Waals surface area contributed by atoms with E-state index in [1.807, 2.05) is 42.5 Å². The summed E-state index contributed by atoms with van der Waals surface area (Å²) in [6.45, 7) is 6.31. The SMILES string of the molecule is N#Cc1ccc(CN2CCN(C(C(=O)N3CCCCC3)c3ccccc3)CC2)cc1. The maximum Gasteiger partial charge on any atom is 0.244 e. The molecule has 156 valence electrons. The zero-order chi connectivity index (χ0) is 20.8. The number of benzene rings is 2. The molecule has 30 heavy (non-hydrogen) atoms. The van der Waals surface area contributed by atoms with Gasteiger partial charge in [0.25, 0.3) is 0 Å². The van der Waals surface area contributed by atoms with Gasteiger partial charge in [-0.2, -0.15) is 5.26 Å². The molecule has 2 aromatic carbocycles. The third-order valence-electron chi connectivity index (χ3n) is 6.28. The molecule has 2 aliphatic rings. The van der Waals surface area contributed by atoms with Crippen molar-refractivity contribution in [3.05, 3.63) is 71.3 Å². The van der Waals surface area contributed by atoms with Gasteiger partial charge in [-0.25, -0.2) is 0 Å². The molecule has 2 aromatic rings. The molecule has 5 nitrogen and oxygen atoms in total. The molecule has 2 aliphatic heterocycles. The second kappa shape index (κ2) is 9.88. The molecule has 1 amide bonds. The molecular weight excluding hydrogens is 372 g/mol. The molecule has 0 bridgehead atoms. The summed E-state index contributed by atoms with van der Waals surface area (Å²) in [5.41, 5.74) is 3.03. The van der Waals surface area contributed by atoms with Crippen LogP contribution in [-0.4, -0.2) is 59.9 Å². The number of carbonyl (C=O) groups is 1. The minimum atomic E-state index is -0.179. The van der Waals surface area contributed by atoms with Crippen molar-refractivity contribution in [2.45, 2.75) is 31.8 Å². The molecule has 4 rings (SSSR count). The van der Waals surface area contributed by atoms with Crippen LogP contribution >= 0.6 is 0 Å². The van der Waals surface area contributed by atoms with Crippen molar-refractivity contribution in [3.63, 3.8) is 0 Å². The summed E-state index contributed by atoms with van der Waals surface area (Å²) >= 11 is 0. The van der Waals surface area contributed by atoms with Crippen LogP contribution in [0.15, 0.2) is 54.6 Å². The monoisotopic (exact) mass is 402 g/mol. The summed E-state index contributed by atoms with van der Waals surface area (Å²) in [5.74, 6) is 0.265. The molecule has 1 unspecified atom stereocenters. The number of amides is 1. The summed E-state index contributed by atoms with van der Waals surface area (Å²) < 4.78 is 0. The Morgan fingerprint density at radius 3 is 2.17 bits per heavy atom. The van der Waals surface area contributed by atoms with Crippen LogP contribution in [0, 0.1) is 11.3 Å². The number of hydrogen-bond donors (Lipinski definition) is 0. The number of nitriles is 1. The second-order valence-corrected chi connectivity index (χ2v) is 8.32. The van der Waals surface area contributed by atoms with Gasteiger partial charge in [0.2, 0.25) is 5.91 Å². The van der Waals surface area contributed by atoms with Crippen molar-refractivity contribution in [2.75, 3.05) is 39.3 Å². The van der Waals surface area contributed by atoms with E-state index in [-0.39, 0.29) is 11.9 Å². The van der Waals surface area contributed by atoms with Gasteiger partial charge in [0.05, 0.1) is 11.6 Å². The first kappa shape index (κ1) is 20.6. The van der Waals surface area contributed by atoms with E-state index in [1.165, 1.54) is 12.0 Å². The van der Waals surface area contributed by atoms with Gasteiger partial charge in [0, 0.05) is 45.8 Å². The number of carbonyl (C=O) groups excluding carboxylic acids is 1. The zero-order valence-electron chi connectivity index (χ0n) is 17.5. The van der Waals surface area contributed by atoms with Crippen LogP contribution in [0.3, 0.4) is 0 Å². The van der Waals surface area contributed by atoms with E-state index in [1.54, 1.807) is 0 Å². The Hall–Kier alpha value is -2.68. The highest BCUT2D eigenvalue weighted by Crippen LogP contribution is 2.26. The van der Waals surface area contributed by atoms with Crippen LogP contribution in [0.2, 0.25) is 0 Å². The lowest BCUT2D eigenvalue weighted by Crippen LogP contribution is -2.52. The van der Waals surface area contributed by atoms with Crippen molar-refractivity contribution >= 4 is 5.91 Å². The Bertz CT molecular complexity index is 860. The Labute approximate surface area is 179 Å². The molecule has 2 heterocycles. The van der Waals surface area contributed by atoms with Gasteiger partial charge in [-0.1, -0.05) is 42.5 Å². The second-order valence-electron chi connectivity index (χ2n) is 8.32. The molecule has 0 spiro atoms. The standard InChI is InChI=1S/C25H30N4O/c26-19-21-9-11-22(12-10-21)20-27-15-17-28(18-16-27)24(23-7-3-1-4-8-23)25(30)29-13-5-2-6-14-29/h1,3-4,7-12,24H,2,5-6,13-18,20H2. The lowest BCUT2D eigenvalue weighted by atomic mass is 10.0. The van der Waals surface area contributed by atoms with Crippen molar-refractivity contribution in [2.24, 2.45) is 0 Å². The molecule has 0 aromatic heterocycles. The van der Waals surface area contributed by atoms with E-state index in [9.17, 15) is 4.79 Å². The molecule has 0 saturated carbocycles. The molecule has 0 radical (unpaired) electrons. The van der Waals surface area contributed by atoms with E-state index < -0.39 is 0 Å². The molecule has 2 saturated heterocycles. The number of hydrogen-bond acceptors (Lipinski definition) is 4. The van der Waals surface area contributed by atoms with E-state index in [4.69, 9.17) is 5.26 Å². The molecular formula is C25H30N4O. The van der Waals surface area contributed by atoms with Crippen LogP contribution in [0.1, 0.15) is 42.0 Å². The first-order valence-corrected chi connectivity index (χ1v) is 11.0. The Balaban J connectivity index is 1.42. The van der Waals surface area contributed by atoms with Gasteiger partial charge in [-0.15, -0.1) is 0 Å². The predicted molar refractivity (Wildman–Crippen MR) is 118 cm³/mol. The van der Waals surface area contributed by atoms with E-state index in [0.29, 0.717) is 5.56 Å². The summed E-state index contributed by atoms with van der Waals surface area (Å²) in [4.78, 5) is 20.3. The van der Waals surface area contributed by atoms with Crippen molar-refractivity contribution in [1.29, 1.82) is 5.26 Å². The van der Waals surface area contributed by atoms with Gasteiger partial charge in [-0.3, -0.25) is 14.6 Å². The molecule has 1 atom stereocenters. The van der Waals surface area contributed by atoms with Crippen LogP contribution in [0.5, 0.6) is 0 Å². The highest BCUT2D eigenvalue weighted by Gasteiger charge is 2.33. The van der Waals surface area contributed by atoms with Crippen molar-refractivity contribution in [3.8, 4) is 6.07 Å². The Morgan fingerprint density at radius 1 is 0.867 bits per heavy atom. The van der Waals surface area contributed by atoms with Gasteiger partial charge in [-0.05, 0) is 42.5 Å². The first-order valence-electron chi connectivity index (χ1n) is 11.0. The molecule has 0 aliphatic carbocycles. The maximum atomic E-state index is 13.5. The van der Waals surface area contributed by atoms with Gasteiger partial charge in [0.1, 0.15) is 6.04 Å². The number of piperidine rings is 1. The highest BCUT2D eigenvalue weighted by molar-refractivity contribution is 5.83. The number of piperazine rings is 1. The lowest BCUT2D eigenvalue weighted by Gasteiger charge is -2.41. The zero-order valence-corrected chi connectivity index (χ0v) is 17.5. The number of likely N-dealkylation sites (tertiary alicyclic amines) is 1. The van der Waals surface area contributed by atoms with Crippen LogP contribution in [-0.2, 0) is 11.3 Å². The summed E-state index contributed by atoms with van der Waals surface area (Å²) in [5, 5.41) is 8.97. The van der Waals surface area contributed by atoms with Crippen molar-refractivity contribution < 1.29 is 4.79 Å². The van der Waals surface area contributed by atoms with Gasteiger partial charge in [0.15, 0.2) is 0 Å². The number of nitrogens with zero attached hydrogens (tertiary/aromatic N) is 4. The lowest BCUT2D eigenvalue weighted by molar-refractivity contribution is -0.139. The third-order valence-corrected chi connectivity index (χ3v) is 6.28. The normalized spacial score (nSPS) is 19.2. The van der Waals surface area contributed by atoms with Crippen LogP contribution in [0.4, 0.5) is 0 Å². The average molecular weight is 403 g/mol. The van der Waals surface area contributed by atoms with Crippen LogP contribution in [0.25, 0.3) is 0 Å².